The molecule has 0 aliphatic heterocycles. The highest BCUT2D eigenvalue weighted by atomic mass is 35.5. The van der Waals surface area contributed by atoms with Crippen LogP contribution < -0.4 is 0 Å². The van der Waals surface area contributed by atoms with Gasteiger partial charge in [-0.1, -0.05) is 17.7 Å². The molecule has 0 bridgehead atoms. The van der Waals surface area contributed by atoms with Crippen LogP contribution in [0.3, 0.4) is 0 Å². The zero-order valence-electron chi connectivity index (χ0n) is 9.78. The molecule has 0 saturated carbocycles. The fourth-order valence-corrected chi connectivity index (χ4v) is 2.15. The number of nitrogens with one attached hydrogen (secondary N) is 1. The van der Waals surface area contributed by atoms with Crippen molar-refractivity contribution in [1.82, 2.24) is 4.98 Å². The molecular weight excluding hydrogens is 265 g/mol. The third-order valence-electron chi connectivity index (χ3n) is 2.94. The normalized spacial score (nSPS) is 10.8. The van der Waals surface area contributed by atoms with E-state index < -0.39 is 0 Å². The molecule has 1 heterocycles. The first-order valence-electron chi connectivity index (χ1n) is 5.72. The number of hydrogen-bond acceptors (Lipinski definition) is 1. The highest BCUT2D eigenvalue weighted by Crippen LogP contribution is 2.21. The number of benzene rings is 2. The van der Waals surface area contributed by atoms with Crippen molar-refractivity contribution in [1.29, 1.82) is 0 Å². The Morgan fingerprint density at radius 1 is 1.05 bits per heavy atom. The Hall–Kier alpha value is -2.13. The lowest BCUT2D eigenvalue weighted by molar-refractivity contribution is 0.103. The van der Waals surface area contributed by atoms with Crippen LogP contribution in [0.5, 0.6) is 0 Å². The second-order valence-electron chi connectivity index (χ2n) is 4.25. The molecule has 19 heavy (non-hydrogen) atoms. The second-order valence-corrected chi connectivity index (χ2v) is 4.69. The van der Waals surface area contributed by atoms with Gasteiger partial charge in [0.25, 0.3) is 0 Å². The highest BCUT2D eigenvalue weighted by Gasteiger charge is 2.12. The monoisotopic (exact) mass is 273 g/mol. The maximum Gasteiger partial charge on any atom is 0.209 e. The predicted molar refractivity (Wildman–Crippen MR) is 73.1 cm³/mol. The maximum atomic E-state index is 12.8. The molecule has 4 heteroatoms. The molecule has 1 N–H and O–H groups in total. The van der Waals surface area contributed by atoms with Crippen LogP contribution in [0.1, 0.15) is 16.1 Å². The van der Waals surface area contributed by atoms with Gasteiger partial charge in [-0.05, 0) is 42.5 Å². The molecule has 2 aromatic carbocycles. The summed E-state index contributed by atoms with van der Waals surface area (Å²) in [5.74, 6) is -0.535. The van der Waals surface area contributed by atoms with Crippen molar-refractivity contribution in [3.05, 3.63) is 70.6 Å². The molecule has 0 radical (unpaired) electrons. The quantitative estimate of drug-likeness (QED) is 0.698. The van der Waals surface area contributed by atoms with Crippen LogP contribution in [0.15, 0.2) is 48.5 Å². The number of hydrogen-bond donors (Lipinski definition) is 1. The summed E-state index contributed by atoms with van der Waals surface area (Å²) >= 11 is 5.90. The Bertz CT molecular complexity index is 761. The van der Waals surface area contributed by atoms with Crippen molar-refractivity contribution >= 4 is 28.3 Å². The summed E-state index contributed by atoms with van der Waals surface area (Å²) in [6.07, 6.45) is 0. The van der Waals surface area contributed by atoms with E-state index in [1.807, 2.05) is 6.07 Å². The first-order chi connectivity index (χ1) is 9.13. The van der Waals surface area contributed by atoms with Crippen LogP contribution in [0, 0.1) is 5.82 Å². The molecule has 0 amide bonds. The molecule has 0 atom stereocenters. The van der Waals surface area contributed by atoms with Gasteiger partial charge in [-0.15, -0.1) is 0 Å². The van der Waals surface area contributed by atoms with Crippen molar-refractivity contribution < 1.29 is 9.18 Å². The van der Waals surface area contributed by atoms with Crippen LogP contribution in [0.4, 0.5) is 4.39 Å². The molecule has 0 saturated heterocycles. The third kappa shape index (κ3) is 2.25. The van der Waals surface area contributed by atoms with Crippen molar-refractivity contribution in [2.24, 2.45) is 0 Å². The van der Waals surface area contributed by atoms with Crippen LogP contribution in [0.25, 0.3) is 10.9 Å². The van der Waals surface area contributed by atoms with Crippen molar-refractivity contribution in [3.8, 4) is 0 Å². The van der Waals surface area contributed by atoms with E-state index in [0.717, 1.165) is 10.9 Å². The molecule has 0 spiro atoms. The van der Waals surface area contributed by atoms with Gasteiger partial charge in [-0.25, -0.2) is 4.39 Å². The van der Waals surface area contributed by atoms with Gasteiger partial charge in [0, 0.05) is 21.5 Å². The molecule has 3 rings (SSSR count). The standard InChI is InChI=1S/C15H9ClFNO/c16-11-4-1-10-7-14(18-13(10)8-11)15(19)9-2-5-12(17)6-3-9/h1-8,18H. The average Bonchev–Trinajstić information content (AvgIpc) is 2.81. The topological polar surface area (TPSA) is 32.9 Å². The summed E-state index contributed by atoms with van der Waals surface area (Å²) in [6, 6.07) is 12.6. The lowest BCUT2D eigenvalue weighted by atomic mass is 10.1. The second kappa shape index (κ2) is 4.52. The number of carbonyl (C=O) groups excluding carboxylic acids is 1. The predicted octanol–water partition coefficient (Wildman–Crippen LogP) is 4.19. The zero-order valence-corrected chi connectivity index (χ0v) is 10.5. The van der Waals surface area contributed by atoms with Gasteiger partial charge in [-0.2, -0.15) is 0 Å². The zero-order chi connectivity index (χ0) is 13.4. The summed E-state index contributed by atoms with van der Waals surface area (Å²) in [5, 5.41) is 1.52. The lowest BCUT2D eigenvalue weighted by Gasteiger charge is -1.97. The van der Waals surface area contributed by atoms with Gasteiger partial charge >= 0.3 is 0 Å². The summed E-state index contributed by atoms with van der Waals surface area (Å²) in [7, 11) is 0. The molecule has 0 aliphatic carbocycles. The Kier molecular flexibility index (Phi) is 2.84. The Morgan fingerprint density at radius 3 is 2.53 bits per heavy atom. The van der Waals surface area contributed by atoms with E-state index in [1.54, 1.807) is 18.2 Å². The SMILES string of the molecule is O=C(c1ccc(F)cc1)c1cc2ccc(Cl)cc2[nH]1. The fraction of sp³-hybridized carbons (Fsp3) is 0. The van der Waals surface area contributed by atoms with E-state index in [9.17, 15) is 9.18 Å². The van der Waals surface area contributed by atoms with Crippen LogP contribution in [-0.4, -0.2) is 10.8 Å². The van der Waals surface area contributed by atoms with Crippen molar-refractivity contribution in [2.45, 2.75) is 0 Å². The minimum Gasteiger partial charge on any atom is -0.352 e. The van der Waals surface area contributed by atoms with Gasteiger partial charge in [0.2, 0.25) is 5.78 Å². The Morgan fingerprint density at radius 2 is 1.79 bits per heavy atom. The van der Waals surface area contributed by atoms with Crippen LogP contribution in [0.2, 0.25) is 5.02 Å². The van der Waals surface area contributed by atoms with Crippen molar-refractivity contribution in [3.63, 3.8) is 0 Å². The molecule has 0 fully saturated rings. The Balaban J connectivity index is 2.04. The van der Waals surface area contributed by atoms with Crippen molar-refractivity contribution in [2.75, 3.05) is 0 Å². The molecule has 0 unspecified atom stereocenters. The maximum absolute atomic E-state index is 12.8. The van der Waals surface area contributed by atoms with E-state index in [1.165, 1.54) is 24.3 Å². The number of rotatable bonds is 2. The van der Waals surface area contributed by atoms with Gasteiger partial charge in [0.15, 0.2) is 0 Å². The molecular formula is C15H9ClFNO. The van der Waals surface area contributed by atoms with Crippen LogP contribution in [-0.2, 0) is 0 Å². The average molecular weight is 274 g/mol. The minimum atomic E-state index is -0.361. The first kappa shape index (κ1) is 11.9. The minimum absolute atomic E-state index is 0.174. The Labute approximate surface area is 113 Å². The van der Waals surface area contributed by atoms with Gasteiger partial charge in [-0.3, -0.25) is 4.79 Å². The summed E-state index contributed by atoms with van der Waals surface area (Å²) in [4.78, 5) is 15.2. The van der Waals surface area contributed by atoms with Crippen LogP contribution >= 0.6 is 11.6 Å². The number of H-pyrrole nitrogens is 1. The van der Waals surface area contributed by atoms with Gasteiger partial charge in [0.05, 0.1) is 5.69 Å². The number of ketones is 1. The summed E-state index contributed by atoms with van der Waals surface area (Å²) in [5.41, 5.74) is 1.71. The third-order valence-corrected chi connectivity index (χ3v) is 3.17. The molecule has 1 aromatic heterocycles. The lowest BCUT2D eigenvalue weighted by Crippen LogP contribution is -2.01. The summed E-state index contributed by atoms with van der Waals surface area (Å²) in [6.45, 7) is 0. The fourth-order valence-electron chi connectivity index (χ4n) is 1.98. The number of aromatic nitrogens is 1. The number of carbonyl (C=O) groups is 1. The first-order valence-corrected chi connectivity index (χ1v) is 6.10. The summed E-state index contributed by atoms with van der Waals surface area (Å²) < 4.78 is 12.8. The largest absolute Gasteiger partial charge is 0.352 e. The number of fused-ring (bicyclic) bond motifs is 1. The van der Waals surface area contributed by atoms with Gasteiger partial charge < -0.3 is 4.98 Å². The number of halogens is 2. The van der Waals surface area contributed by atoms with E-state index in [0.29, 0.717) is 16.3 Å². The number of aromatic amines is 1. The molecule has 94 valence electrons. The van der Waals surface area contributed by atoms with E-state index >= 15 is 0 Å². The van der Waals surface area contributed by atoms with E-state index in [-0.39, 0.29) is 11.6 Å². The van der Waals surface area contributed by atoms with E-state index in [2.05, 4.69) is 4.98 Å². The van der Waals surface area contributed by atoms with Gasteiger partial charge in [0.1, 0.15) is 5.82 Å². The highest BCUT2D eigenvalue weighted by molar-refractivity contribution is 6.31. The molecule has 0 aliphatic rings. The van der Waals surface area contributed by atoms with E-state index in [4.69, 9.17) is 11.6 Å². The molecule has 2 nitrogen and oxygen atoms in total. The smallest absolute Gasteiger partial charge is 0.209 e. The molecule has 3 aromatic rings.